The third-order valence-corrected chi connectivity index (χ3v) is 11.9. The highest BCUT2D eigenvalue weighted by molar-refractivity contribution is 8.55. The lowest BCUT2D eigenvalue weighted by atomic mass is 10.1. The monoisotopic (exact) mass is 802 g/mol. The van der Waals surface area contributed by atoms with Crippen LogP contribution < -0.4 is 28.0 Å². The molecule has 6 heterocycles. The normalized spacial score (nSPS) is 33.8. The summed E-state index contributed by atoms with van der Waals surface area (Å²) < 4.78 is 104. The van der Waals surface area contributed by atoms with E-state index in [1.165, 1.54) is 0 Å². The number of alkyl halides is 2. The van der Waals surface area contributed by atoms with Crippen molar-refractivity contribution in [3.05, 3.63) is 45.8 Å². The number of nitrogens with two attached hydrogens (primary N) is 1. The van der Waals surface area contributed by atoms with Crippen LogP contribution in [-0.4, -0.2) is 104 Å². The Kier molecular flexibility index (Phi) is 12.3. The molecule has 0 aromatic carbocycles. The minimum Gasteiger partial charge on any atom is -0.756 e. The summed E-state index contributed by atoms with van der Waals surface area (Å²) in [7, 11) is -5.50. The Morgan fingerprint density at radius 1 is 1.08 bits per heavy atom. The van der Waals surface area contributed by atoms with Crippen LogP contribution in [0.4, 0.5) is 14.6 Å². The number of nitrogen functional groups attached to an aromatic ring is 1. The lowest BCUT2D eigenvalue weighted by Crippen LogP contribution is -2.37. The van der Waals surface area contributed by atoms with E-state index in [9.17, 15) is 28.4 Å². The van der Waals surface area contributed by atoms with Crippen LogP contribution in [0.15, 0.2) is 34.5 Å². The van der Waals surface area contributed by atoms with Crippen LogP contribution in [0.5, 0.6) is 0 Å². The molecule has 0 aliphatic carbocycles. The molecule has 52 heavy (non-hydrogen) atoms. The highest BCUT2D eigenvalue weighted by Gasteiger charge is 2.54. The third kappa shape index (κ3) is 8.61. The van der Waals surface area contributed by atoms with Gasteiger partial charge in [0.2, 0.25) is 0 Å². The number of H-pyrrole nitrogens is 1. The molecule has 22 nitrogen and oxygen atoms in total. The van der Waals surface area contributed by atoms with Gasteiger partial charge in [-0.2, -0.15) is 0 Å². The number of nitrogens with one attached hydrogen (secondary N) is 1. The molecule has 0 amide bonds. The number of phosphoric acid groups is 1. The molecule has 7 N–H and O–H groups in total. The zero-order valence-electron chi connectivity index (χ0n) is 27.4. The summed E-state index contributed by atoms with van der Waals surface area (Å²) in [6, 6.07) is 0.908. The quantitative estimate of drug-likeness (QED) is 0.161. The SMILES string of the molecule is CC(C)OCC(=O)OCSP1(=O)OC[C@H]2O[C@@H](n3cnc4c(N)ncnc43)[C@H](F)[C@@H]2OP(=O)([O-])OC[C@H]2O[C@@H](n3ccc(=O)[nH]c3=O)[C@H](O1)[C@@H]2F.[NH4+]. The first-order valence-corrected chi connectivity index (χ1v) is 19.6. The molecule has 0 radical (unpaired) electrons. The summed E-state index contributed by atoms with van der Waals surface area (Å²) in [6.45, 7) is -3.89. The van der Waals surface area contributed by atoms with Crippen molar-refractivity contribution in [2.45, 2.75) is 69.2 Å². The molecule has 2 unspecified atom stereocenters. The smallest absolute Gasteiger partial charge is 0.393 e. The number of ether oxygens (including phenoxy) is 4. The van der Waals surface area contributed by atoms with Gasteiger partial charge in [-0.1, -0.05) is 0 Å². The average molecular weight is 803 g/mol. The number of aromatic amines is 1. The van der Waals surface area contributed by atoms with Crippen molar-refractivity contribution in [3.8, 4) is 0 Å². The van der Waals surface area contributed by atoms with Gasteiger partial charge in [-0.3, -0.25) is 32.5 Å². The zero-order chi connectivity index (χ0) is 36.7. The Hall–Kier alpha value is -3.19. The molecule has 3 aliphatic heterocycles. The number of imidazole rings is 1. The number of fused-ring (bicyclic) bond motifs is 4. The van der Waals surface area contributed by atoms with Crippen LogP contribution in [-0.2, 0) is 51.0 Å². The fourth-order valence-corrected chi connectivity index (χ4v) is 8.95. The number of esters is 1. The number of phosphoric ester groups is 1. The van der Waals surface area contributed by atoms with Crippen molar-refractivity contribution >= 4 is 49.0 Å². The number of carbonyl (C=O) groups is 1. The van der Waals surface area contributed by atoms with E-state index in [0.29, 0.717) is 4.57 Å². The first-order valence-electron chi connectivity index (χ1n) is 15.0. The number of rotatable bonds is 8. The van der Waals surface area contributed by atoms with Gasteiger partial charge in [0.25, 0.3) is 13.4 Å². The van der Waals surface area contributed by atoms with Gasteiger partial charge in [0.1, 0.15) is 48.8 Å². The number of anilines is 1. The van der Waals surface area contributed by atoms with Gasteiger partial charge in [0, 0.05) is 23.6 Å². The Morgan fingerprint density at radius 3 is 2.54 bits per heavy atom. The van der Waals surface area contributed by atoms with E-state index in [-0.39, 0.29) is 40.6 Å². The molecule has 10 atom stereocenters. The van der Waals surface area contributed by atoms with Gasteiger partial charge in [0.05, 0.1) is 25.6 Å². The summed E-state index contributed by atoms with van der Waals surface area (Å²) in [4.78, 5) is 63.4. The minimum atomic E-state index is -5.50. The fraction of sp³-hybridized carbons (Fsp3) is 0.600. The lowest BCUT2D eigenvalue weighted by Gasteiger charge is -2.30. The molecule has 3 aromatic rings. The summed E-state index contributed by atoms with van der Waals surface area (Å²) in [6.07, 6.45) is -12.7. The third-order valence-electron chi connectivity index (χ3n) is 7.58. The lowest BCUT2D eigenvalue weighted by molar-refractivity contribution is -0.235. The van der Waals surface area contributed by atoms with E-state index in [1.807, 2.05) is 4.98 Å². The molecule has 2 bridgehead atoms. The van der Waals surface area contributed by atoms with E-state index in [0.717, 1.165) is 29.5 Å². The molecular formula is C25H34F2N8O14P2S. The van der Waals surface area contributed by atoms with Crippen LogP contribution in [0.1, 0.15) is 26.3 Å². The molecule has 3 aliphatic rings. The maximum absolute atomic E-state index is 16.1. The predicted molar refractivity (Wildman–Crippen MR) is 171 cm³/mol. The maximum Gasteiger partial charge on any atom is 0.393 e. The van der Waals surface area contributed by atoms with Gasteiger partial charge >= 0.3 is 18.5 Å². The van der Waals surface area contributed by atoms with Gasteiger partial charge in [-0.15, -0.1) is 0 Å². The van der Waals surface area contributed by atoms with Crippen LogP contribution in [0, 0.1) is 0 Å². The molecule has 3 fully saturated rings. The highest BCUT2D eigenvalue weighted by Crippen LogP contribution is 2.64. The number of quaternary nitrogens is 1. The number of nitrogens with zero attached hydrogens (tertiary/aromatic N) is 5. The predicted octanol–water partition coefficient (Wildman–Crippen LogP) is 0.859. The maximum atomic E-state index is 16.1. The number of aromatic nitrogens is 6. The number of halogens is 2. The molecule has 288 valence electrons. The molecular weight excluding hydrogens is 768 g/mol. The first kappa shape index (κ1) is 40.0. The molecule has 0 spiro atoms. The van der Waals surface area contributed by atoms with E-state index in [4.69, 9.17) is 42.8 Å². The average Bonchev–Trinajstić information content (AvgIpc) is 3.72. The first-order chi connectivity index (χ1) is 24.1. The summed E-state index contributed by atoms with van der Waals surface area (Å²) >= 11 is 0.260. The van der Waals surface area contributed by atoms with Crippen LogP contribution in [0.25, 0.3) is 11.2 Å². The number of hydrogen-bond donors (Lipinski definition) is 3. The second-order valence-corrected chi connectivity index (χ2v) is 16.7. The Morgan fingerprint density at radius 2 is 1.81 bits per heavy atom. The Labute approximate surface area is 295 Å². The van der Waals surface area contributed by atoms with Gasteiger partial charge in [-0.05, 0) is 13.8 Å². The van der Waals surface area contributed by atoms with Crippen molar-refractivity contribution < 1.29 is 64.6 Å². The summed E-state index contributed by atoms with van der Waals surface area (Å²) in [5.74, 6) is -1.60. The zero-order valence-corrected chi connectivity index (χ0v) is 30.0. The second-order valence-electron chi connectivity index (χ2n) is 11.4. The van der Waals surface area contributed by atoms with Crippen LogP contribution in [0.2, 0.25) is 0 Å². The fourth-order valence-electron chi connectivity index (χ4n) is 5.22. The van der Waals surface area contributed by atoms with Gasteiger partial charge < -0.3 is 44.8 Å². The minimum absolute atomic E-state index is 0. The van der Waals surface area contributed by atoms with Crippen molar-refractivity contribution in [1.82, 2.24) is 35.2 Å². The van der Waals surface area contributed by atoms with Crippen LogP contribution in [0.3, 0.4) is 0 Å². The van der Waals surface area contributed by atoms with Crippen molar-refractivity contribution in [2.24, 2.45) is 0 Å². The Bertz CT molecular complexity index is 1970. The van der Waals surface area contributed by atoms with Crippen molar-refractivity contribution in [1.29, 1.82) is 0 Å². The van der Waals surface area contributed by atoms with Crippen LogP contribution >= 0.6 is 26.0 Å². The summed E-state index contributed by atoms with van der Waals surface area (Å²) in [5, 5.41) is 0. The molecule has 3 aromatic heterocycles. The topological polar surface area (TPSA) is 309 Å². The van der Waals surface area contributed by atoms with E-state index in [1.54, 1.807) is 13.8 Å². The highest BCUT2D eigenvalue weighted by atomic mass is 32.7. The van der Waals surface area contributed by atoms with E-state index >= 15 is 8.78 Å². The van der Waals surface area contributed by atoms with Crippen molar-refractivity contribution in [3.63, 3.8) is 0 Å². The van der Waals surface area contributed by atoms with E-state index in [2.05, 4.69) is 15.0 Å². The van der Waals surface area contributed by atoms with Gasteiger partial charge in [0.15, 0.2) is 36.3 Å². The molecule has 27 heteroatoms. The van der Waals surface area contributed by atoms with Gasteiger partial charge in [-0.25, -0.2) is 37.9 Å². The van der Waals surface area contributed by atoms with Crippen molar-refractivity contribution in [2.75, 3.05) is 31.5 Å². The molecule has 3 saturated heterocycles. The molecule has 0 saturated carbocycles. The largest absolute Gasteiger partial charge is 0.756 e. The Balaban J connectivity index is 0.00000523. The van der Waals surface area contributed by atoms with E-state index < -0.39 is 107 Å². The summed E-state index contributed by atoms with van der Waals surface area (Å²) in [5.41, 5.74) is 4.04. The standard InChI is InChI=1S/C25H31F2N7O14P2S.H3N/c1-11(2)41-7-15(36)42-10-51-50(40)44-6-13-19(17(27)23(46-13)34-9-31-18-21(28)29-8-30-22(18)34)47-49(38,39)43-5-12-16(26)20(48-50)24(45-12)33-4-3-14(35)32-25(33)37;/h3-4,8-9,11-13,16-17,19-20,23-24H,5-7,10H2,1-2H3,(H,38,39)(H2,28,29,30)(H,32,35,37);1H3/t12-,13-,16-,17-,19-,20-,23-,24-,50?;/m1./s1. The number of hydrogen-bond acceptors (Lipinski definition) is 19. The molecule has 6 rings (SSSR count). The number of carbonyl (C=O) groups excluding carboxylic acids is 1. The second kappa shape index (κ2) is 16.0.